The van der Waals surface area contributed by atoms with Crippen molar-refractivity contribution in [1.29, 1.82) is 0 Å². The first kappa shape index (κ1) is 53.4. The Hall–Kier alpha value is -3.95. The third-order valence-electron chi connectivity index (χ3n) is 13.8. The average molecular weight is 947 g/mol. The summed E-state index contributed by atoms with van der Waals surface area (Å²) in [4.78, 5) is 41.2. The fourth-order valence-electron chi connectivity index (χ4n) is 10.0. The number of ether oxygens (including phenoxy) is 10. The van der Waals surface area contributed by atoms with E-state index in [1.807, 2.05) is 87.5 Å². The first-order valence-corrected chi connectivity index (χ1v) is 25.1. The summed E-state index contributed by atoms with van der Waals surface area (Å²) in [6.07, 6.45) is 8.44. The van der Waals surface area contributed by atoms with E-state index in [-0.39, 0.29) is 69.1 Å². The largest absolute Gasteiger partial charge is 0.497 e. The molecule has 2 aromatic carbocycles. The number of fused-ring (bicyclic) bond motifs is 6. The Morgan fingerprint density at radius 2 is 1.53 bits per heavy atom. The summed E-state index contributed by atoms with van der Waals surface area (Å²) >= 11 is 0. The van der Waals surface area contributed by atoms with E-state index in [1.165, 1.54) is 0 Å². The Kier molecular flexibility index (Phi) is 20.7. The van der Waals surface area contributed by atoms with Crippen LogP contribution in [-0.4, -0.2) is 99.5 Å². The van der Waals surface area contributed by atoms with Crippen molar-refractivity contribution in [3.05, 3.63) is 90.0 Å². The van der Waals surface area contributed by atoms with Crippen molar-refractivity contribution in [3.8, 4) is 5.75 Å². The molecule has 4 aliphatic rings. The monoisotopic (exact) mass is 947 g/mol. The van der Waals surface area contributed by atoms with Crippen LogP contribution in [-0.2, 0) is 70.2 Å². The Bertz CT molecular complexity index is 1920. The topological polar surface area (TPSA) is 144 Å². The molecule has 4 aliphatic heterocycles. The van der Waals surface area contributed by atoms with Gasteiger partial charge in [-0.05, 0) is 62.3 Å². The van der Waals surface area contributed by atoms with Crippen molar-refractivity contribution in [2.75, 3.05) is 21.0 Å². The summed E-state index contributed by atoms with van der Waals surface area (Å²) < 4.78 is 63.7. The molecule has 0 amide bonds. The molecule has 13 nitrogen and oxygen atoms in total. The maximum absolute atomic E-state index is 14.3. The van der Waals surface area contributed by atoms with Crippen molar-refractivity contribution < 1.29 is 61.8 Å². The van der Waals surface area contributed by atoms with Crippen LogP contribution in [0, 0.1) is 5.41 Å². The number of cyclic esters (lactones) is 1. The van der Waals surface area contributed by atoms with Gasteiger partial charge < -0.3 is 47.4 Å². The van der Waals surface area contributed by atoms with Crippen LogP contribution in [0.4, 0.5) is 0 Å². The van der Waals surface area contributed by atoms with Gasteiger partial charge in [0.25, 0.3) is 0 Å². The third-order valence-corrected chi connectivity index (χ3v) is 13.8. The maximum atomic E-state index is 14.3. The molecule has 4 heterocycles. The highest BCUT2D eigenvalue weighted by Gasteiger charge is 2.57. The summed E-state index contributed by atoms with van der Waals surface area (Å²) in [6.45, 7) is 13.0. The molecule has 6 rings (SSSR count). The van der Waals surface area contributed by atoms with Crippen molar-refractivity contribution in [3.63, 3.8) is 0 Å². The smallest absolute Gasteiger partial charge is 0.308 e. The molecule has 0 saturated carbocycles. The standard InChI is InChI=1S/C55H78O13/c1-8-9-10-11-15-18-52(57)67-51-24-23-45-33-50(39(3)63-37-61-35-40-16-13-12-14-17-40)66-53(58)34-46(62-36-41-19-21-43(59-6)22-20-41)31-48-29-42(56)30-49(65-48)32-47-28-38(2)27-44(64-47)25-26-54(4,5)55(51,60-7)68-45/h12-14,16-17,19-22,25-26,39,44-51H,2,8-11,15,18,23-24,27-37H2,1,3-7H3/t39-,44+,45+,46-,47+,48+,49-,50-,51+,55-/m1/s1. The fraction of sp³-hybridized carbons (Fsp3) is 0.655. The predicted octanol–water partition coefficient (Wildman–Crippen LogP) is 10.2. The molecule has 0 N–H and O–H groups in total. The minimum atomic E-state index is -1.43. The SMILES string of the molecule is C=C1C[C@H]2C[C@H]3CC(=O)C[C@@H](C[C@@H](OCc4ccc(OC)cc4)CC(=O)O[C@@H]([C@@H](C)OCOCc4ccccc4)C[C@@H]4CC[C@H](OC(=O)CCCCCCC)[C@@](OC)(O4)C(C)(C)C=C[C@@H](C1)O2)O3. The van der Waals surface area contributed by atoms with Crippen LogP contribution in [0.3, 0.4) is 0 Å². The lowest BCUT2D eigenvalue weighted by molar-refractivity contribution is -0.351. The second-order valence-corrected chi connectivity index (χ2v) is 19.7. The Morgan fingerprint density at radius 3 is 2.26 bits per heavy atom. The predicted molar refractivity (Wildman–Crippen MR) is 257 cm³/mol. The minimum absolute atomic E-state index is 0.0374. The summed E-state index contributed by atoms with van der Waals surface area (Å²) in [5, 5.41) is 0. The van der Waals surface area contributed by atoms with Crippen LogP contribution in [0.25, 0.3) is 0 Å². The van der Waals surface area contributed by atoms with Crippen LogP contribution in [0.1, 0.15) is 142 Å². The number of hydrogen-bond donors (Lipinski definition) is 0. The Balaban J connectivity index is 1.30. The van der Waals surface area contributed by atoms with Gasteiger partial charge in [-0.2, -0.15) is 0 Å². The second kappa shape index (κ2) is 26.3. The molecule has 0 unspecified atom stereocenters. The molecule has 0 radical (unpaired) electrons. The van der Waals surface area contributed by atoms with Gasteiger partial charge in [-0.3, -0.25) is 14.4 Å². The van der Waals surface area contributed by atoms with Crippen LogP contribution in [0.15, 0.2) is 78.9 Å². The van der Waals surface area contributed by atoms with Gasteiger partial charge in [0.1, 0.15) is 24.4 Å². The summed E-state index contributed by atoms with van der Waals surface area (Å²) in [7, 11) is 3.21. The molecule has 0 aliphatic carbocycles. The van der Waals surface area contributed by atoms with E-state index in [1.54, 1.807) is 14.2 Å². The van der Waals surface area contributed by atoms with Crippen LogP contribution < -0.4 is 4.74 Å². The number of methoxy groups -OCH3 is 2. The number of unbranched alkanes of at least 4 members (excludes halogenated alkanes) is 4. The molecular weight excluding hydrogens is 869 g/mol. The molecule has 6 bridgehead atoms. The van der Waals surface area contributed by atoms with E-state index in [2.05, 4.69) is 13.5 Å². The van der Waals surface area contributed by atoms with Crippen LogP contribution in [0.5, 0.6) is 5.75 Å². The molecule has 13 heteroatoms. The zero-order valence-corrected chi connectivity index (χ0v) is 41.5. The number of benzene rings is 2. The highest BCUT2D eigenvalue weighted by atomic mass is 16.7. The Labute approximate surface area is 404 Å². The molecule has 3 fully saturated rings. The van der Waals surface area contributed by atoms with Gasteiger partial charge in [0.15, 0.2) is 6.10 Å². The van der Waals surface area contributed by atoms with Gasteiger partial charge in [0, 0.05) is 51.0 Å². The number of carbonyl (C=O) groups excluding carboxylic acids is 3. The zero-order valence-electron chi connectivity index (χ0n) is 41.5. The number of carbonyl (C=O) groups is 3. The van der Waals surface area contributed by atoms with Crippen LogP contribution >= 0.6 is 0 Å². The normalized spacial score (nSPS) is 29.6. The molecule has 0 aromatic heterocycles. The van der Waals surface area contributed by atoms with Crippen molar-refractivity contribution in [2.24, 2.45) is 5.41 Å². The summed E-state index contributed by atoms with van der Waals surface area (Å²) in [5.41, 5.74) is 2.08. The van der Waals surface area contributed by atoms with Crippen LogP contribution in [0.2, 0.25) is 0 Å². The lowest BCUT2D eigenvalue weighted by atomic mass is 9.75. The number of hydrogen-bond acceptors (Lipinski definition) is 13. The highest BCUT2D eigenvalue weighted by Crippen LogP contribution is 2.47. The van der Waals surface area contributed by atoms with E-state index in [4.69, 9.17) is 47.4 Å². The third kappa shape index (κ3) is 15.8. The van der Waals surface area contributed by atoms with E-state index in [0.29, 0.717) is 51.6 Å². The van der Waals surface area contributed by atoms with Gasteiger partial charge in [-0.25, -0.2) is 0 Å². The lowest BCUT2D eigenvalue weighted by Gasteiger charge is -2.52. The summed E-state index contributed by atoms with van der Waals surface area (Å²) in [6, 6.07) is 17.4. The summed E-state index contributed by atoms with van der Waals surface area (Å²) in [5.74, 6) is -1.39. The maximum Gasteiger partial charge on any atom is 0.308 e. The fourth-order valence-corrected chi connectivity index (χ4v) is 10.0. The van der Waals surface area contributed by atoms with Gasteiger partial charge in [-0.15, -0.1) is 0 Å². The molecular formula is C55H78O13. The number of ketones is 1. The first-order valence-electron chi connectivity index (χ1n) is 25.1. The van der Waals surface area contributed by atoms with E-state index >= 15 is 0 Å². The molecule has 376 valence electrons. The molecule has 10 atom stereocenters. The van der Waals surface area contributed by atoms with Gasteiger partial charge in [0.05, 0.1) is 69.5 Å². The van der Waals surface area contributed by atoms with E-state index in [0.717, 1.165) is 54.6 Å². The van der Waals surface area contributed by atoms with Crippen molar-refractivity contribution >= 4 is 17.7 Å². The number of esters is 2. The average Bonchev–Trinajstić information content (AvgIpc) is 3.31. The second-order valence-electron chi connectivity index (χ2n) is 19.7. The van der Waals surface area contributed by atoms with Crippen molar-refractivity contribution in [2.45, 2.75) is 204 Å². The molecule has 68 heavy (non-hydrogen) atoms. The van der Waals surface area contributed by atoms with Crippen molar-refractivity contribution in [1.82, 2.24) is 0 Å². The molecule has 2 aromatic rings. The van der Waals surface area contributed by atoms with Gasteiger partial charge in [-0.1, -0.05) is 113 Å². The van der Waals surface area contributed by atoms with Gasteiger partial charge in [0.2, 0.25) is 5.79 Å². The highest BCUT2D eigenvalue weighted by molar-refractivity contribution is 5.80. The van der Waals surface area contributed by atoms with Gasteiger partial charge >= 0.3 is 11.9 Å². The lowest BCUT2D eigenvalue weighted by Crippen LogP contribution is -2.62. The number of Topliss-reactive ketones (excluding diaryl/α,β-unsaturated/α-hetero) is 1. The van der Waals surface area contributed by atoms with E-state index < -0.39 is 53.8 Å². The number of rotatable bonds is 18. The first-order chi connectivity index (χ1) is 32.8. The zero-order chi connectivity index (χ0) is 48.5. The van der Waals surface area contributed by atoms with E-state index in [9.17, 15) is 14.4 Å². The minimum Gasteiger partial charge on any atom is -0.497 e. The quantitative estimate of drug-likeness (QED) is 0.0606. The molecule has 0 spiro atoms. The molecule has 3 saturated heterocycles. The Morgan fingerprint density at radius 1 is 0.809 bits per heavy atom.